The van der Waals surface area contributed by atoms with Crippen molar-refractivity contribution in [3.05, 3.63) is 40.1 Å². The molecule has 1 aliphatic rings. The number of hydrogen-bond donors (Lipinski definition) is 1. The Morgan fingerprint density at radius 3 is 2.33 bits per heavy atom. The highest BCUT2D eigenvalue weighted by Gasteiger charge is 2.48. The molecule has 6 nitrogen and oxygen atoms in total. The van der Waals surface area contributed by atoms with Gasteiger partial charge in [-0.3, -0.25) is 14.5 Å². The molecule has 1 N–H and O–H groups in total. The van der Waals surface area contributed by atoms with Gasteiger partial charge >= 0.3 is 12.1 Å². The summed E-state index contributed by atoms with van der Waals surface area (Å²) in [6.45, 7) is 1.79. The Morgan fingerprint density at radius 2 is 1.79 bits per heavy atom. The Kier molecular flexibility index (Phi) is 7.88. The van der Waals surface area contributed by atoms with Crippen LogP contribution < -0.4 is 19.7 Å². The summed E-state index contributed by atoms with van der Waals surface area (Å²) in [6.07, 6.45) is -0.777. The maximum Gasteiger partial charge on any atom is 0.471 e. The van der Waals surface area contributed by atoms with Gasteiger partial charge in [0.2, 0.25) is 5.91 Å². The van der Waals surface area contributed by atoms with Gasteiger partial charge in [0.1, 0.15) is 11.5 Å². The highest BCUT2D eigenvalue weighted by molar-refractivity contribution is 7.12. The minimum atomic E-state index is -5.21. The third-order valence-electron chi connectivity index (χ3n) is 5.60. The fourth-order valence-corrected chi connectivity index (χ4v) is 4.96. The Morgan fingerprint density at radius 1 is 1.09 bits per heavy atom. The van der Waals surface area contributed by atoms with E-state index in [9.17, 15) is 22.8 Å². The van der Waals surface area contributed by atoms with E-state index < -0.39 is 24.0 Å². The van der Waals surface area contributed by atoms with Gasteiger partial charge in [-0.15, -0.1) is 11.3 Å². The monoisotopic (exact) mass is 484 g/mol. The molecule has 0 radical (unpaired) electrons. The van der Waals surface area contributed by atoms with Crippen molar-refractivity contribution >= 4 is 28.8 Å². The molecule has 180 valence electrons. The molecule has 1 atom stereocenters. The number of carbonyl (C=O) groups excluding carboxylic acids is 2. The number of amides is 2. The van der Waals surface area contributed by atoms with Crippen LogP contribution in [-0.2, 0) is 9.59 Å². The van der Waals surface area contributed by atoms with E-state index in [1.807, 2.05) is 0 Å². The highest BCUT2D eigenvalue weighted by atomic mass is 32.1. The third-order valence-corrected chi connectivity index (χ3v) is 6.65. The van der Waals surface area contributed by atoms with E-state index in [0.29, 0.717) is 15.5 Å². The van der Waals surface area contributed by atoms with Crippen molar-refractivity contribution in [1.29, 1.82) is 0 Å². The number of nitrogens with one attached hydrogen (secondary N) is 1. The molecule has 10 heteroatoms. The van der Waals surface area contributed by atoms with Gasteiger partial charge in [0.25, 0.3) is 0 Å². The molecule has 0 spiro atoms. The molecule has 1 heterocycles. The van der Waals surface area contributed by atoms with Crippen LogP contribution in [-0.4, -0.2) is 38.3 Å². The number of thiophene rings is 1. The van der Waals surface area contributed by atoms with E-state index in [1.165, 1.54) is 43.8 Å². The molecule has 3 rings (SSSR count). The molecule has 0 unspecified atom stereocenters. The molecule has 1 saturated carbocycles. The topological polar surface area (TPSA) is 67.9 Å². The lowest BCUT2D eigenvalue weighted by molar-refractivity contribution is -0.171. The van der Waals surface area contributed by atoms with Gasteiger partial charge in [-0.2, -0.15) is 13.2 Å². The van der Waals surface area contributed by atoms with Crippen LogP contribution in [0.25, 0.3) is 0 Å². The summed E-state index contributed by atoms with van der Waals surface area (Å²) >= 11 is 1.17. The van der Waals surface area contributed by atoms with Crippen LogP contribution in [0.2, 0.25) is 0 Å². The number of halogens is 3. The maximum absolute atomic E-state index is 13.8. The van der Waals surface area contributed by atoms with Crippen molar-refractivity contribution in [3.8, 4) is 11.5 Å². The number of methoxy groups -OCH3 is 2. The molecule has 0 bridgehead atoms. The number of alkyl halides is 3. The normalized spacial score (nSPS) is 15.6. The Balaban J connectivity index is 2.13. The zero-order valence-corrected chi connectivity index (χ0v) is 19.5. The van der Waals surface area contributed by atoms with E-state index in [1.54, 1.807) is 19.1 Å². The van der Waals surface area contributed by atoms with Gasteiger partial charge in [-0.1, -0.05) is 19.3 Å². The van der Waals surface area contributed by atoms with E-state index >= 15 is 0 Å². The van der Waals surface area contributed by atoms with Gasteiger partial charge in [0.05, 0.1) is 19.9 Å². The summed E-state index contributed by atoms with van der Waals surface area (Å²) in [5.41, 5.74) is -0.171. The third kappa shape index (κ3) is 5.79. The summed E-state index contributed by atoms with van der Waals surface area (Å²) in [4.78, 5) is 27.8. The van der Waals surface area contributed by atoms with Crippen molar-refractivity contribution in [2.45, 2.75) is 57.3 Å². The lowest BCUT2D eigenvalue weighted by Crippen LogP contribution is -2.50. The SMILES string of the molecule is COc1ccc(N(C(=O)C(F)(F)F)[C@@H](C(=O)NC2CCCCC2)c2ccc(C)s2)c(OC)c1. The van der Waals surface area contributed by atoms with Crippen molar-refractivity contribution < 1.29 is 32.2 Å². The average Bonchev–Trinajstić information content (AvgIpc) is 3.22. The van der Waals surface area contributed by atoms with Crippen LogP contribution in [0.1, 0.15) is 47.9 Å². The Labute approximate surface area is 194 Å². The summed E-state index contributed by atoms with van der Waals surface area (Å²) in [5, 5.41) is 2.88. The molecular formula is C23H27F3N2O4S. The first kappa shape index (κ1) is 24.9. The quantitative estimate of drug-likeness (QED) is 0.590. The maximum atomic E-state index is 13.8. The average molecular weight is 485 g/mol. The number of carbonyl (C=O) groups is 2. The van der Waals surface area contributed by atoms with Gasteiger partial charge in [-0.05, 0) is 44.0 Å². The second kappa shape index (κ2) is 10.5. The lowest BCUT2D eigenvalue weighted by atomic mass is 9.95. The van der Waals surface area contributed by atoms with Gasteiger partial charge in [0.15, 0.2) is 6.04 Å². The van der Waals surface area contributed by atoms with Gasteiger partial charge < -0.3 is 14.8 Å². The van der Waals surface area contributed by atoms with Crippen molar-refractivity contribution in [2.24, 2.45) is 0 Å². The van der Waals surface area contributed by atoms with Crippen LogP contribution in [0.15, 0.2) is 30.3 Å². The van der Waals surface area contributed by atoms with E-state index in [-0.39, 0.29) is 17.5 Å². The first-order chi connectivity index (χ1) is 15.7. The molecule has 1 aliphatic carbocycles. The Hall–Kier alpha value is -2.75. The van der Waals surface area contributed by atoms with Crippen LogP contribution in [0.4, 0.5) is 18.9 Å². The second-order valence-corrected chi connectivity index (χ2v) is 9.22. The van der Waals surface area contributed by atoms with E-state index in [2.05, 4.69) is 5.32 Å². The lowest BCUT2D eigenvalue weighted by Gasteiger charge is -2.33. The predicted molar refractivity (Wildman–Crippen MR) is 120 cm³/mol. The fraction of sp³-hybridized carbons (Fsp3) is 0.478. The largest absolute Gasteiger partial charge is 0.497 e. The number of hydrogen-bond acceptors (Lipinski definition) is 5. The van der Waals surface area contributed by atoms with Crippen molar-refractivity contribution in [2.75, 3.05) is 19.1 Å². The van der Waals surface area contributed by atoms with E-state index in [4.69, 9.17) is 9.47 Å². The zero-order chi connectivity index (χ0) is 24.2. The van der Waals surface area contributed by atoms with E-state index in [0.717, 1.165) is 37.0 Å². The molecule has 1 aromatic heterocycles. The van der Waals surface area contributed by atoms with Crippen LogP contribution in [0, 0.1) is 6.92 Å². The van der Waals surface area contributed by atoms with Crippen molar-refractivity contribution in [3.63, 3.8) is 0 Å². The summed E-state index contributed by atoms with van der Waals surface area (Å²) in [5.74, 6) is -2.49. The Bertz CT molecular complexity index is 986. The molecule has 2 aromatic rings. The second-order valence-electron chi connectivity index (χ2n) is 7.91. The van der Waals surface area contributed by atoms with Gasteiger partial charge in [-0.25, -0.2) is 0 Å². The molecule has 0 aliphatic heterocycles. The number of benzene rings is 1. The molecule has 1 aromatic carbocycles. The first-order valence-electron chi connectivity index (χ1n) is 10.6. The minimum absolute atomic E-state index is 0.0179. The van der Waals surface area contributed by atoms with Crippen LogP contribution in [0.3, 0.4) is 0 Å². The molecule has 33 heavy (non-hydrogen) atoms. The van der Waals surface area contributed by atoms with Crippen LogP contribution in [0.5, 0.6) is 11.5 Å². The number of anilines is 1. The molecule has 2 amide bonds. The minimum Gasteiger partial charge on any atom is -0.497 e. The number of nitrogens with zero attached hydrogens (tertiary/aromatic N) is 1. The number of ether oxygens (including phenoxy) is 2. The molecule has 1 fully saturated rings. The number of aryl methyl sites for hydroxylation is 1. The molecule has 0 saturated heterocycles. The summed E-state index contributed by atoms with van der Waals surface area (Å²) in [6, 6.07) is 5.73. The first-order valence-corrected chi connectivity index (χ1v) is 11.5. The van der Waals surface area contributed by atoms with Crippen molar-refractivity contribution in [1.82, 2.24) is 5.32 Å². The van der Waals surface area contributed by atoms with Crippen LogP contribution >= 0.6 is 11.3 Å². The highest BCUT2D eigenvalue weighted by Crippen LogP contribution is 2.41. The number of rotatable bonds is 7. The standard InChI is InChI=1S/C23H27F3N2O4S/c1-14-9-12-19(33-14)20(21(29)27-15-7-5-4-6-8-15)28(22(30)23(24,25)26)17-11-10-16(31-2)13-18(17)32-3/h9-13,15,20H,4-8H2,1-3H3,(H,27,29)/t20-/m1/s1. The smallest absolute Gasteiger partial charge is 0.471 e. The molecular weight excluding hydrogens is 457 g/mol. The summed E-state index contributed by atoms with van der Waals surface area (Å²) in [7, 11) is 2.68. The van der Waals surface area contributed by atoms with Gasteiger partial charge in [0, 0.05) is 21.9 Å². The predicted octanol–water partition coefficient (Wildman–Crippen LogP) is 5.16. The summed E-state index contributed by atoms with van der Waals surface area (Å²) < 4.78 is 51.8. The zero-order valence-electron chi connectivity index (χ0n) is 18.7. The fourth-order valence-electron chi connectivity index (χ4n) is 3.99.